The maximum Gasteiger partial charge on any atom is 0.241 e. The fraction of sp³-hybridized carbons (Fsp3) is 0.435. The average molecular weight is 395 g/mol. The minimum atomic E-state index is -0.205. The summed E-state index contributed by atoms with van der Waals surface area (Å²) in [7, 11) is 1.69. The van der Waals surface area contributed by atoms with Crippen molar-refractivity contribution in [1.29, 1.82) is 0 Å². The summed E-state index contributed by atoms with van der Waals surface area (Å²) in [6.45, 7) is 5.44. The number of nitrogens with zero attached hydrogens (tertiary/aromatic N) is 2. The fourth-order valence-electron chi connectivity index (χ4n) is 4.37. The second-order valence-corrected chi connectivity index (χ2v) is 7.88. The molecular weight excluding hydrogens is 364 g/mol. The van der Waals surface area contributed by atoms with Crippen LogP contribution in [0.1, 0.15) is 24.9 Å². The number of amides is 1. The van der Waals surface area contributed by atoms with Gasteiger partial charge in [0.15, 0.2) is 0 Å². The summed E-state index contributed by atoms with van der Waals surface area (Å²) in [4.78, 5) is 17.6. The molecule has 6 heteroatoms. The zero-order valence-corrected chi connectivity index (χ0v) is 17.2. The smallest absolute Gasteiger partial charge is 0.241 e. The molecular formula is C23H30N4O2. The molecule has 2 heterocycles. The highest BCUT2D eigenvalue weighted by atomic mass is 16.5. The van der Waals surface area contributed by atoms with E-state index in [0.29, 0.717) is 0 Å². The van der Waals surface area contributed by atoms with Gasteiger partial charge in [-0.15, -0.1) is 0 Å². The van der Waals surface area contributed by atoms with Gasteiger partial charge in [0.25, 0.3) is 0 Å². The molecule has 0 spiro atoms. The zero-order valence-electron chi connectivity index (χ0n) is 17.2. The van der Waals surface area contributed by atoms with E-state index in [9.17, 15) is 4.79 Å². The van der Waals surface area contributed by atoms with E-state index < -0.39 is 0 Å². The first-order chi connectivity index (χ1) is 14.2. The molecule has 1 amide bonds. The second kappa shape index (κ2) is 8.84. The van der Waals surface area contributed by atoms with Crippen molar-refractivity contribution in [3.05, 3.63) is 60.2 Å². The number of hydrazine groups is 1. The van der Waals surface area contributed by atoms with Gasteiger partial charge in [0.2, 0.25) is 5.91 Å². The first-order valence-corrected chi connectivity index (χ1v) is 10.4. The van der Waals surface area contributed by atoms with Gasteiger partial charge in [0.05, 0.1) is 13.2 Å². The van der Waals surface area contributed by atoms with Crippen LogP contribution in [-0.4, -0.2) is 50.1 Å². The highest BCUT2D eigenvalue weighted by molar-refractivity contribution is 5.82. The molecule has 154 valence electrons. The number of benzene rings is 2. The Bertz CT molecular complexity index is 829. The molecule has 2 saturated heterocycles. The van der Waals surface area contributed by atoms with E-state index in [0.717, 1.165) is 44.0 Å². The number of anilines is 1. The van der Waals surface area contributed by atoms with Crippen molar-refractivity contribution in [3.63, 3.8) is 0 Å². The van der Waals surface area contributed by atoms with Gasteiger partial charge in [0, 0.05) is 43.9 Å². The van der Waals surface area contributed by atoms with Gasteiger partial charge in [-0.3, -0.25) is 4.79 Å². The number of hydrogen-bond donors (Lipinski definition) is 2. The Kier molecular flexibility index (Phi) is 6.02. The van der Waals surface area contributed by atoms with Crippen molar-refractivity contribution in [2.45, 2.75) is 25.4 Å². The lowest BCUT2D eigenvalue weighted by Crippen LogP contribution is -2.48. The summed E-state index contributed by atoms with van der Waals surface area (Å²) in [5.74, 6) is 1.24. The van der Waals surface area contributed by atoms with Gasteiger partial charge in [-0.25, -0.2) is 10.9 Å². The van der Waals surface area contributed by atoms with E-state index in [4.69, 9.17) is 4.74 Å². The van der Waals surface area contributed by atoms with Crippen LogP contribution in [0.3, 0.4) is 0 Å². The summed E-state index contributed by atoms with van der Waals surface area (Å²) >= 11 is 0. The Morgan fingerprint density at radius 2 is 1.83 bits per heavy atom. The highest BCUT2D eigenvalue weighted by Crippen LogP contribution is 2.29. The highest BCUT2D eigenvalue weighted by Gasteiger charge is 2.39. The number of ether oxygens (including phenoxy) is 1. The van der Waals surface area contributed by atoms with Gasteiger partial charge in [-0.1, -0.05) is 43.3 Å². The molecule has 3 unspecified atom stereocenters. The monoisotopic (exact) mass is 394 g/mol. The van der Waals surface area contributed by atoms with Gasteiger partial charge in [0.1, 0.15) is 11.8 Å². The Morgan fingerprint density at radius 3 is 2.62 bits per heavy atom. The fourth-order valence-corrected chi connectivity index (χ4v) is 4.37. The van der Waals surface area contributed by atoms with Crippen LogP contribution in [0, 0.1) is 5.92 Å². The summed E-state index contributed by atoms with van der Waals surface area (Å²) in [6, 6.07) is 18.4. The van der Waals surface area contributed by atoms with Crippen molar-refractivity contribution < 1.29 is 9.53 Å². The zero-order chi connectivity index (χ0) is 20.2. The molecule has 0 aromatic heterocycles. The largest absolute Gasteiger partial charge is 0.497 e. The number of methoxy groups -OCH3 is 1. The molecule has 2 aromatic carbocycles. The van der Waals surface area contributed by atoms with E-state index >= 15 is 0 Å². The quantitative estimate of drug-likeness (QED) is 0.835. The maximum absolute atomic E-state index is 13.3. The maximum atomic E-state index is 13.3. The molecule has 29 heavy (non-hydrogen) atoms. The molecule has 2 N–H and O–H groups in total. The summed E-state index contributed by atoms with van der Waals surface area (Å²) in [5, 5.41) is 0. The van der Waals surface area contributed by atoms with E-state index in [-0.39, 0.29) is 23.9 Å². The first kappa shape index (κ1) is 19.7. The Morgan fingerprint density at radius 1 is 1.00 bits per heavy atom. The lowest BCUT2D eigenvalue weighted by atomic mass is 9.90. The Balaban J connectivity index is 1.40. The van der Waals surface area contributed by atoms with Crippen LogP contribution in [0.5, 0.6) is 5.75 Å². The third kappa shape index (κ3) is 4.23. The third-order valence-corrected chi connectivity index (χ3v) is 6.10. The molecule has 3 atom stereocenters. The van der Waals surface area contributed by atoms with Gasteiger partial charge in [-0.2, -0.15) is 0 Å². The summed E-state index contributed by atoms with van der Waals surface area (Å²) < 4.78 is 5.36. The molecule has 2 fully saturated rings. The Labute approximate surface area is 172 Å². The number of rotatable bonds is 4. The van der Waals surface area contributed by atoms with Gasteiger partial charge >= 0.3 is 0 Å². The molecule has 0 saturated carbocycles. The Hall–Kier alpha value is -2.57. The molecule has 4 rings (SSSR count). The normalized spacial score (nSPS) is 25.0. The van der Waals surface area contributed by atoms with Gasteiger partial charge < -0.3 is 14.5 Å². The SMILES string of the molecule is COc1cccc(N2CCCN(C(=O)C3NNC(c4ccccc4)C3C)CC2)c1. The summed E-state index contributed by atoms with van der Waals surface area (Å²) in [5.41, 5.74) is 8.95. The van der Waals surface area contributed by atoms with Crippen molar-refractivity contribution in [3.8, 4) is 5.75 Å². The molecule has 2 aromatic rings. The number of carbonyl (C=O) groups excluding carboxylic acids is 1. The van der Waals surface area contributed by atoms with Crippen LogP contribution < -0.4 is 20.5 Å². The molecule has 0 aliphatic carbocycles. The molecule has 2 aliphatic heterocycles. The van der Waals surface area contributed by atoms with Gasteiger partial charge in [-0.05, 0) is 24.1 Å². The van der Waals surface area contributed by atoms with Crippen LogP contribution >= 0.6 is 0 Å². The summed E-state index contributed by atoms with van der Waals surface area (Å²) in [6.07, 6.45) is 0.958. The first-order valence-electron chi connectivity index (χ1n) is 10.4. The van der Waals surface area contributed by atoms with Crippen molar-refractivity contribution >= 4 is 11.6 Å². The average Bonchev–Trinajstić information content (AvgIpc) is 2.99. The van der Waals surface area contributed by atoms with Crippen LogP contribution in [-0.2, 0) is 4.79 Å². The predicted molar refractivity (Wildman–Crippen MR) is 115 cm³/mol. The number of hydrogen-bond acceptors (Lipinski definition) is 5. The third-order valence-electron chi connectivity index (χ3n) is 6.10. The molecule has 0 bridgehead atoms. The van der Waals surface area contributed by atoms with Crippen molar-refractivity contribution in [2.24, 2.45) is 5.92 Å². The van der Waals surface area contributed by atoms with Crippen LogP contribution in [0.2, 0.25) is 0 Å². The lowest BCUT2D eigenvalue weighted by molar-refractivity contribution is -0.133. The molecule has 0 radical (unpaired) electrons. The van der Waals surface area contributed by atoms with E-state index in [2.05, 4.69) is 46.9 Å². The standard InChI is InChI=1S/C23H30N4O2/c1-17-21(18-8-4-3-5-9-18)24-25-22(17)23(28)27-13-7-12-26(14-15-27)19-10-6-11-20(16-19)29-2/h3-6,8-11,16-17,21-22,24-25H,7,12-15H2,1-2H3. The van der Waals surface area contributed by atoms with Crippen molar-refractivity contribution in [1.82, 2.24) is 15.8 Å². The second-order valence-electron chi connectivity index (χ2n) is 7.88. The van der Waals surface area contributed by atoms with E-state index in [1.807, 2.05) is 35.2 Å². The minimum absolute atomic E-state index is 0.144. The van der Waals surface area contributed by atoms with E-state index in [1.165, 1.54) is 5.56 Å². The van der Waals surface area contributed by atoms with Crippen LogP contribution in [0.4, 0.5) is 5.69 Å². The van der Waals surface area contributed by atoms with Crippen LogP contribution in [0.15, 0.2) is 54.6 Å². The molecule has 2 aliphatic rings. The predicted octanol–water partition coefficient (Wildman–Crippen LogP) is 2.59. The minimum Gasteiger partial charge on any atom is -0.497 e. The number of nitrogens with one attached hydrogen (secondary N) is 2. The topological polar surface area (TPSA) is 56.8 Å². The van der Waals surface area contributed by atoms with E-state index in [1.54, 1.807) is 7.11 Å². The van der Waals surface area contributed by atoms with Crippen molar-refractivity contribution in [2.75, 3.05) is 38.2 Å². The van der Waals surface area contributed by atoms with Crippen LogP contribution in [0.25, 0.3) is 0 Å². The molecule has 6 nitrogen and oxygen atoms in total. The number of carbonyl (C=O) groups is 1. The lowest BCUT2D eigenvalue weighted by Gasteiger charge is -2.27.